The Morgan fingerprint density at radius 3 is 2.81 bits per heavy atom. The minimum absolute atomic E-state index is 0.107. The molecule has 1 atom stereocenters. The van der Waals surface area contributed by atoms with Crippen LogP contribution < -0.4 is 10.5 Å². The van der Waals surface area contributed by atoms with Crippen LogP contribution in [0.5, 0.6) is 0 Å². The summed E-state index contributed by atoms with van der Waals surface area (Å²) >= 11 is 0. The second-order valence-electron chi connectivity index (χ2n) is 5.65. The van der Waals surface area contributed by atoms with Gasteiger partial charge >= 0.3 is 0 Å². The van der Waals surface area contributed by atoms with Crippen LogP contribution in [-0.2, 0) is 10.0 Å². The lowest BCUT2D eigenvalue weighted by molar-refractivity contribution is 0.561. The molecule has 1 aliphatic carbocycles. The molecule has 1 aromatic carbocycles. The monoisotopic (exact) mass is 308 g/mol. The number of hydrogen-bond acceptors (Lipinski definition) is 3. The van der Waals surface area contributed by atoms with Crippen molar-refractivity contribution in [2.75, 3.05) is 6.54 Å². The number of hydrogen-bond donors (Lipinski definition) is 2. The van der Waals surface area contributed by atoms with Crippen molar-refractivity contribution < 1.29 is 8.42 Å². The maximum absolute atomic E-state index is 11.4. The third-order valence-corrected chi connectivity index (χ3v) is 4.88. The first-order valence-corrected chi connectivity index (χ1v) is 9.05. The molecule has 21 heavy (non-hydrogen) atoms. The van der Waals surface area contributed by atoms with Gasteiger partial charge in [-0.15, -0.1) is 0 Å². The minimum atomic E-state index is -3.63. The van der Waals surface area contributed by atoms with Crippen LogP contribution in [0.4, 0.5) is 0 Å². The second-order valence-corrected chi connectivity index (χ2v) is 7.21. The molecule has 0 spiro atoms. The summed E-state index contributed by atoms with van der Waals surface area (Å²) in [6, 6.07) is 6.94. The number of nitrogens with two attached hydrogens (primary N) is 1. The molecule has 0 saturated heterocycles. The van der Waals surface area contributed by atoms with Gasteiger partial charge in [-0.2, -0.15) is 0 Å². The molecule has 116 valence electrons. The average Bonchev–Trinajstić information content (AvgIpc) is 2.47. The van der Waals surface area contributed by atoms with Gasteiger partial charge in [0.2, 0.25) is 10.0 Å². The predicted molar refractivity (Wildman–Crippen MR) is 85.4 cm³/mol. The van der Waals surface area contributed by atoms with Crippen LogP contribution in [0.3, 0.4) is 0 Å². The Morgan fingerprint density at radius 1 is 1.33 bits per heavy atom. The average molecular weight is 308 g/mol. The summed E-state index contributed by atoms with van der Waals surface area (Å²) in [5, 5.41) is 8.62. The summed E-state index contributed by atoms with van der Waals surface area (Å²) in [6.07, 6.45) is 8.47. The summed E-state index contributed by atoms with van der Waals surface area (Å²) in [5.74, 6) is 0. The molecule has 0 fully saturated rings. The Balaban J connectivity index is 1.91. The van der Waals surface area contributed by atoms with E-state index in [-0.39, 0.29) is 10.9 Å². The molecular weight excluding hydrogens is 284 g/mol. The van der Waals surface area contributed by atoms with Crippen LogP contribution in [0.25, 0.3) is 0 Å². The topological polar surface area (TPSA) is 72.2 Å². The Labute approximate surface area is 127 Å². The zero-order chi connectivity index (χ0) is 15.3. The lowest BCUT2D eigenvalue weighted by atomic mass is 9.97. The van der Waals surface area contributed by atoms with E-state index in [2.05, 4.69) is 11.4 Å². The van der Waals surface area contributed by atoms with Crippen LogP contribution in [0.1, 0.15) is 50.6 Å². The highest BCUT2D eigenvalue weighted by atomic mass is 32.2. The molecule has 0 bridgehead atoms. The lowest BCUT2D eigenvalue weighted by Gasteiger charge is -2.17. The molecule has 0 heterocycles. The van der Waals surface area contributed by atoms with E-state index in [4.69, 9.17) is 5.14 Å². The van der Waals surface area contributed by atoms with Gasteiger partial charge in [-0.25, -0.2) is 13.6 Å². The van der Waals surface area contributed by atoms with Gasteiger partial charge in [-0.05, 0) is 63.3 Å². The standard InChI is InChI=1S/C16H24N2O2S/c1-13(18-11-10-14-6-3-2-4-7-14)15-8-5-9-16(12-15)21(17,19)20/h5-6,8-9,12-13,18H,2-4,7,10-11H2,1H3,(H2,17,19,20). The fourth-order valence-corrected chi connectivity index (χ4v) is 3.23. The van der Waals surface area contributed by atoms with E-state index in [0.717, 1.165) is 18.5 Å². The predicted octanol–water partition coefficient (Wildman–Crippen LogP) is 2.88. The van der Waals surface area contributed by atoms with Gasteiger partial charge < -0.3 is 5.32 Å². The summed E-state index contributed by atoms with van der Waals surface area (Å²) < 4.78 is 22.8. The smallest absolute Gasteiger partial charge is 0.238 e. The number of allylic oxidation sites excluding steroid dienone is 1. The summed E-state index contributed by atoms with van der Waals surface area (Å²) in [7, 11) is -3.63. The number of benzene rings is 1. The number of rotatable bonds is 6. The Morgan fingerprint density at radius 2 is 2.14 bits per heavy atom. The molecule has 2 rings (SSSR count). The van der Waals surface area contributed by atoms with E-state index in [1.807, 2.05) is 13.0 Å². The lowest BCUT2D eigenvalue weighted by Crippen LogP contribution is -2.21. The molecule has 1 aromatic rings. The summed E-state index contributed by atoms with van der Waals surface area (Å²) in [6.45, 7) is 2.95. The van der Waals surface area contributed by atoms with Crippen molar-refractivity contribution in [2.45, 2.75) is 50.0 Å². The Hall–Kier alpha value is -1.17. The number of primary sulfonamides is 1. The highest BCUT2D eigenvalue weighted by Gasteiger charge is 2.11. The van der Waals surface area contributed by atoms with Crippen LogP contribution in [-0.4, -0.2) is 15.0 Å². The van der Waals surface area contributed by atoms with Crippen LogP contribution in [0, 0.1) is 0 Å². The normalized spacial score (nSPS) is 17.3. The van der Waals surface area contributed by atoms with Gasteiger partial charge in [0, 0.05) is 6.04 Å². The summed E-state index contributed by atoms with van der Waals surface area (Å²) in [5.41, 5.74) is 2.48. The molecule has 0 aromatic heterocycles. The summed E-state index contributed by atoms with van der Waals surface area (Å²) in [4.78, 5) is 0.170. The first-order valence-electron chi connectivity index (χ1n) is 7.51. The number of sulfonamides is 1. The molecule has 0 aliphatic heterocycles. The zero-order valence-electron chi connectivity index (χ0n) is 12.5. The molecule has 1 aliphatic rings. The van der Waals surface area contributed by atoms with Gasteiger partial charge in [-0.1, -0.05) is 23.8 Å². The van der Waals surface area contributed by atoms with E-state index < -0.39 is 10.0 Å². The van der Waals surface area contributed by atoms with Crippen LogP contribution in [0.2, 0.25) is 0 Å². The fraction of sp³-hybridized carbons (Fsp3) is 0.500. The molecule has 0 radical (unpaired) electrons. The van der Waals surface area contributed by atoms with E-state index in [1.165, 1.54) is 31.7 Å². The van der Waals surface area contributed by atoms with Gasteiger partial charge in [0.1, 0.15) is 0 Å². The second kappa shape index (κ2) is 7.20. The molecule has 0 saturated carbocycles. The first-order chi connectivity index (χ1) is 9.97. The quantitative estimate of drug-likeness (QED) is 0.794. The van der Waals surface area contributed by atoms with Crippen LogP contribution >= 0.6 is 0 Å². The van der Waals surface area contributed by atoms with E-state index in [0.29, 0.717) is 0 Å². The highest BCUT2D eigenvalue weighted by molar-refractivity contribution is 7.89. The van der Waals surface area contributed by atoms with Gasteiger partial charge in [-0.3, -0.25) is 0 Å². The van der Waals surface area contributed by atoms with Crippen molar-refractivity contribution >= 4 is 10.0 Å². The molecule has 1 unspecified atom stereocenters. The van der Waals surface area contributed by atoms with Gasteiger partial charge in [0.05, 0.1) is 4.90 Å². The first kappa shape index (κ1) is 16.2. The van der Waals surface area contributed by atoms with Gasteiger partial charge in [0.15, 0.2) is 0 Å². The minimum Gasteiger partial charge on any atom is -0.310 e. The van der Waals surface area contributed by atoms with Gasteiger partial charge in [0.25, 0.3) is 0 Å². The van der Waals surface area contributed by atoms with Crippen molar-refractivity contribution in [3.63, 3.8) is 0 Å². The van der Waals surface area contributed by atoms with E-state index >= 15 is 0 Å². The van der Waals surface area contributed by atoms with E-state index in [1.54, 1.807) is 17.7 Å². The Kier molecular flexibility index (Phi) is 5.56. The van der Waals surface area contributed by atoms with Crippen molar-refractivity contribution in [1.29, 1.82) is 0 Å². The van der Waals surface area contributed by atoms with E-state index in [9.17, 15) is 8.42 Å². The third kappa shape index (κ3) is 4.95. The van der Waals surface area contributed by atoms with Crippen molar-refractivity contribution in [2.24, 2.45) is 5.14 Å². The number of nitrogens with one attached hydrogen (secondary N) is 1. The third-order valence-electron chi connectivity index (χ3n) is 3.97. The maximum Gasteiger partial charge on any atom is 0.238 e. The van der Waals surface area contributed by atoms with Crippen LogP contribution in [0.15, 0.2) is 40.8 Å². The molecule has 0 amide bonds. The molecule has 3 N–H and O–H groups in total. The zero-order valence-corrected chi connectivity index (χ0v) is 13.3. The van der Waals surface area contributed by atoms with Crippen molar-refractivity contribution in [3.8, 4) is 0 Å². The molecule has 5 heteroatoms. The largest absolute Gasteiger partial charge is 0.310 e. The van der Waals surface area contributed by atoms with Crippen molar-refractivity contribution in [3.05, 3.63) is 41.5 Å². The SMILES string of the molecule is CC(NCCC1=CCCCC1)c1cccc(S(N)(=O)=O)c1. The Bertz CT molecular complexity index is 608. The highest BCUT2D eigenvalue weighted by Crippen LogP contribution is 2.20. The van der Waals surface area contributed by atoms with Crippen molar-refractivity contribution in [1.82, 2.24) is 5.32 Å². The maximum atomic E-state index is 11.4. The molecular formula is C16H24N2O2S. The fourth-order valence-electron chi connectivity index (χ4n) is 2.66. The molecule has 4 nitrogen and oxygen atoms in total.